The highest BCUT2D eigenvalue weighted by Crippen LogP contribution is 2.41. The Bertz CT molecular complexity index is 863. The molecule has 0 bridgehead atoms. The molecule has 34 heavy (non-hydrogen) atoms. The third kappa shape index (κ3) is 8.29. The van der Waals surface area contributed by atoms with Crippen LogP contribution in [0.2, 0.25) is 0 Å². The summed E-state index contributed by atoms with van der Waals surface area (Å²) in [6, 6.07) is 8.71. The fourth-order valence-electron chi connectivity index (χ4n) is 5.73. The molecule has 4 nitrogen and oxygen atoms in total. The smallest absolute Gasteiger partial charge is 0.0991 e. The number of rotatable bonds is 15. The van der Waals surface area contributed by atoms with Gasteiger partial charge in [0.2, 0.25) is 0 Å². The maximum atomic E-state index is 9.57. The highest BCUT2D eigenvalue weighted by Gasteiger charge is 2.27. The Morgan fingerprint density at radius 2 is 1.82 bits per heavy atom. The lowest BCUT2D eigenvalue weighted by Crippen LogP contribution is -2.24. The molecule has 1 saturated carbocycles. The molecule has 0 aliphatic heterocycles. The number of aryl methyl sites for hydroxylation is 1. The Hall–Kier alpha value is -1.54. The van der Waals surface area contributed by atoms with Crippen molar-refractivity contribution in [3.8, 4) is 6.07 Å². The van der Waals surface area contributed by atoms with E-state index in [9.17, 15) is 5.26 Å². The zero-order chi connectivity index (χ0) is 23.3. The van der Waals surface area contributed by atoms with Crippen LogP contribution in [0.25, 0.3) is 10.9 Å². The van der Waals surface area contributed by atoms with Crippen molar-refractivity contribution in [1.29, 1.82) is 5.26 Å². The van der Waals surface area contributed by atoms with Gasteiger partial charge in [0.1, 0.15) is 0 Å². The maximum Gasteiger partial charge on any atom is 0.0991 e. The van der Waals surface area contributed by atoms with Crippen LogP contribution in [0.3, 0.4) is 0 Å². The summed E-state index contributed by atoms with van der Waals surface area (Å²) < 4.78 is 2.49. The van der Waals surface area contributed by atoms with Gasteiger partial charge in [-0.2, -0.15) is 5.26 Å². The molecule has 1 fully saturated rings. The number of nitrogens with zero attached hydrogens (tertiary/aromatic N) is 2. The molecule has 0 amide bonds. The summed E-state index contributed by atoms with van der Waals surface area (Å²) in [5.74, 6) is 1.33. The van der Waals surface area contributed by atoms with Crippen LogP contribution in [0.1, 0.15) is 107 Å². The molecule has 1 aromatic carbocycles. The second-order valence-electron chi connectivity index (χ2n) is 10.1. The monoisotopic (exact) mass is 486 g/mol. The number of aromatic nitrogens is 1. The quantitative estimate of drug-likeness (QED) is 0.260. The predicted octanol–water partition coefficient (Wildman–Crippen LogP) is 7.29. The van der Waals surface area contributed by atoms with E-state index in [0.717, 1.165) is 44.1 Å². The Morgan fingerprint density at radius 1 is 1.06 bits per heavy atom. The average Bonchev–Trinajstić information content (AvgIpc) is 3.21. The fourth-order valence-corrected chi connectivity index (χ4v) is 5.73. The van der Waals surface area contributed by atoms with E-state index in [1.54, 1.807) is 0 Å². The van der Waals surface area contributed by atoms with Gasteiger partial charge in [-0.15, -0.1) is 12.4 Å². The van der Waals surface area contributed by atoms with E-state index in [4.69, 9.17) is 5.73 Å². The van der Waals surface area contributed by atoms with Crippen LogP contribution in [0.4, 0.5) is 0 Å². The number of halogens is 1. The normalized spacial score (nSPS) is 15.2. The van der Waals surface area contributed by atoms with Crippen LogP contribution in [-0.2, 0) is 6.54 Å². The number of fused-ring (bicyclic) bond motifs is 1. The molecule has 0 spiro atoms. The van der Waals surface area contributed by atoms with E-state index in [0.29, 0.717) is 5.92 Å². The van der Waals surface area contributed by atoms with Crippen molar-refractivity contribution < 1.29 is 0 Å². The molecular formula is C29H47ClN4. The Balaban J connectivity index is 0.00000408. The molecule has 190 valence electrons. The van der Waals surface area contributed by atoms with Crippen molar-refractivity contribution in [2.24, 2.45) is 11.7 Å². The van der Waals surface area contributed by atoms with Gasteiger partial charge in [-0.3, -0.25) is 0 Å². The third-order valence-corrected chi connectivity index (χ3v) is 7.60. The highest BCUT2D eigenvalue weighted by molar-refractivity contribution is 5.86. The average molecular weight is 487 g/mol. The number of hydrogen-bond donors (Lipinski definition) is 2. The van der Waals surface area contributed by atoms with Crippen molar-refractivity contribution in [2.45, 2.75) is 103 Å². The number of hydrogen-bond acceptors (Lipinski definition) is 3. The molecule has 1 atom stereocenters. The largest absolute Gasteiger partial charge is 0.347 e. The van der Waals surface area contributed by atoms with E-state index in [1.807, 2.05) is 6.07 Å². The first kappa shape index (κ1) is 28.7. The molecule has 1 unspecified atom stereocenters. The van der Waals surface area contributed by atoms with E-state index in [1.165, 1.54) is 93.5 Å². The molecule has 0 saturated heterocycles. The molecule has 3 N–H and O–H groups in total. The lowest BCUT2D eigenvalue weighted by Gasteiger charge is -2.30. The molecular weight excluding hydrogens is 440 g/mol. The number of unbranched alkanes of at least 4 members (excludes halogenated alkanes) is 5. The summed E-state index contributed by atoms with van der Waals surface area (Å²) >= 11 is 0. The summed E-state index contributed by atoms with van der Waals surface area (Å²) in [7, 11) is 0. The van der Waals surface area contributed by atoms with Gasteiger partial charge in [-0.1, -0.05) is 58.3 Å². The minimum absolute atomic E-state index is 0. The van der Waals surface area contributed by atoms with Crippen LogP contribution >= 0.6 is 12.4 Å². The Morgan fingerprint density at radius 3 is 2.56 bits per heavy atom. The number of nitrogens with one attached hydrogen (secondary N) is 1. The molecule has 3 rings (SSSR count). The Labute approximate surface area is 214 Å². The number of benzene rings is 1. The van der Waals surface area contributed by atoms with Crippen molar-refractivity contribution in [1.82, 2.24) is 9.88 Å². The van der Waals surface area contributed by atoms with Gasteiger partial charge in [-0.25, -0.2) is 0 Å². The van der Waals surface area contributed by atoms with E-state index in [-0.39, 0.29) is 12.4 Å². The highest BCUT2D eigenvalue weighted by atomic mass is 35.5. The molecule has 1 aliphatic rings. The zero-order valence-corrected chi connectivity index (χ0v) is 22.2. The van der Waals surface area contributed by atoms with Gasteiger partial charge in [0.25, 0.3) is 0 Å². The molecule has 5 heteroatoms. The lowest BCUT2D eigenvalue weighted by atomic mass is 9.75. The van der Waals surface area contributed by atoms with Gasteiger partial charge < -0.3 is 15.6 Å². The minimum Gasteiger partial charge on any atom is -0.347 e. The van der Waals surface area contributed by atoms with E-state index >= 15 is 0 Å². The van der Waals surface area contributed by atoms with Crippen molar-refractivity contribution >= 4 is 23.3 Å². The van der Waals surface area contributed by atoms with Crippen LogP contribution in [0.5, 0.6) is 0 Å². The third-order valence-electron chi connectivity index (χ3n) is 7.60. The fraction of sp³-hybridized carbons (Fsp3) is 0.690. The molecule has 2 aromatic rings. The van der Waals surface area contributed by atoms with Gasteiger partial charge in [0.05, 0.1) is 11.6 Å². The first-order valence-corrected chi connectivity index (χ1v) is 13.7. The number of nitriles is 1. The van der Waals surface area contributed by atoms with Gasteiger partial charge in [-0.05, 0) is 87.3 Å². The summed E-state index contributed by atoms with van der Waals surface area (Å²) in [6.07, 6.45) is 19.4. The van der Waals surface area contributed by atoms with Crippen LogP contribution < -0.4 is 11.1 Å². The molecule has 1 aliphatic carbocycles. The molecule has 1 aromatic heterocycles. The summed E-state index contributed by atoms with van der Waals surface area (Å²) in [5.41, 5.74) is 9.26. The minimum atomic E-state index is 0. The summed E-state index contributed by atoms with van der Waals surface area (Å²) in [6.45, 7) is 6.16. The lowest BCUT2D eigenvalue weighted by molar-refractivity contribution is 0.293. The van der Waals surface area contributed by atoms with E-state index in [2.05, 4.69) is 41.2 Å². The maximum absolute atomic E-state index is 9.57. The first-order valence-electron chi connectivity index (χ1n) is 13.7. The molecule has 0 radical (unpaired) electrons. The van der Waals surface area contributed by atoms with E-state index < -0.39 is 0 Å². The Kier molecular flexibility index (Phi) is 13.7. The van der Waals surface area contributed by atoms with Gasteiger partial charge in [0.15, 0.2) is 0 Å². The van der Waals surface area contributed by atoms with Crippen molar-refractivity contribution in [3.05, 3.63) is 35.5 Å². The van der Waals surface area contributed by atoms with Crippen LogP contribution in [-0.4, -0.2) is 24.2 Å². The summed E-state index contributed by atoms with van der Waals surface area (Å²) in [4.78, 5) is 0. The van der Waals surface area contributed by atoms with Crippen molar-refractivity contribution in [3.63, 3.8) is 0 Å². The van der Waals surface area contributed by atoms with Crippen LogP contribution in [0.15, 0.2) is 24.4 Å². The van der Waals surface area contributed by atoms with Gasteiger partial charge >= 0.3 is 0 Å². The topological polar surface area (TPSA) is 66.8 Å². The second kappa shape index (κ2) is 16.2. The predicted molar refractivity (Wildman–Crippen MR) is 148 cm³/mol. The van der Waals surface area contributed by atoms with Crippen molar-refractivity contribution in [2.75, 3.05) is 19.6 Å². The second-order valence-corrected chi connectivity index (χ2v) is 10.1. The van der Waals surface area contributed by atoms with Gasteiger partial charge in [0, 0.05) is 23.6 Å². The number of nitrogens with two attached hydrogens (primary N) is 1. The zero-order valence-electron chi connectivity index (χ0n) is 21.4. The van der Waals surface area contributed by atoms with Crippen LogP contribution in [0, 0.1) is 17.2 Å². The SMILES string of the molecule is CCCCCCCCn1cc(C(CCNCCCN)C2CCCCC2)c2cc(C#N)ccc21.Cl. The molecule has 1 heterocycles. The summed E-state index contributed by atoms with van der Waals surface area (Å²) in [5, 5.41) is 14.5. The first-order chi connectivity index (χ1) is 16.3. The standard InChI is InChI=1S/C29H46N4.ClH/c1-2-3-4-5-6-10-20-33-23-28(27-21-24(22-31)14-15-29(27)33)26(16-19-32-18-11-17-30)25-12-8-7-9-13-25;/h14-15,21,23,25-26,32H,2-13,16-20,30H2,1H3;1H.